The molecule has 1 fully saturated rings. The zero-order chi connectivity index (χ0) is 13.8. The summed E-state index contributed by atoms with van der Waals surface area (Å²) in [6.07, 6.45) is 3.62. The van der Waals surface area contributed by atoms with Crippen molar-refractivity contribution in [3.63, 3.8) is 0 Å². The molecular formula is C14H18ClFN2O. The molecule has 19 heavy (non-hydrogen) atoms. The first kappa shape index (κ1) is 14.3. The Morgan fingerprint density at radius 1 is 1.37 bits per heavy atom. The molecule has 1 aliphatic rings. The second-order valence-electron chi connectivity index (χ2n) is 5.07. The van der Waals surface area contributed by atoms with Crippen molar-refractivity contribution in [2.24, 2.45) is 17.6 Å². The van der Waals surface area contributed by atoms with Crippen LogP contribution in [0.3, 0.4) is 0 Å². The Bertz CT molecular complexity index is 459. The van der Waals surface area contributed by atoms with Crippen molar-refractivity contribution in [2.75, 3.05) is 11.9 Å². The second kappa shape index (κ2) is 6.35. The molecule has 0 saturated heterocycles. The minimum absolute atomic E-state index is 0.0258. The van der Waals surface area contributed by atoms with Gasteiger partial charge in [0.25, 0.3) is 0 Å². The van der Waals surface area contributed by atoms with Gasteiger partial charge in [0.1, 0.15) is 5.82 Å². The van der Waals surface area contributed by atoms with Crippen molar-refractivity contribution >= 4 is 23.2 Å². The molecule has 3 nitrogen and oxygen atoms in total. The summed E-state index contributed by atoms with van der Waals surface area (Å²) in [5, 5.41) is 3.06. The summed E-state index contributed by atoms with van der Waals surface area (Å²) in [7, 11) is 0. The van der Waals surface area contributed by atoms with Crippen LogP contribution in [0.4, 0.5) is 10.1 Å². The maximum absolute atomic E-state index is 13.1. The summed E-state index contributed by atoms with van der Waals surface area (Å²) in [5.74, 6) is 0.0125. The molecular weight excluding hydrogens is 267 g/mol. The summed E-state index contributed by atoms with van der Waals surface area (Å²) >= 11 is 5.93. The summed E-state index contributed by atoms with van der Waals surface area (Å²) < 4.78 is 13.1. The molecule has 0 unspecified atom stereocenters. The molecule has 3 N–H and O–H groups in total. The average Bonchev–Trinajstić information content (AvgIpc) is 2.43. The largest absolute Gasteiger partial charge is 0.330 e. The molecule has 0 heterocycles. The van der Waals surface area contributed by atoms with Crippen LogP contribution < -0.4 is 11.1 Å². The number of carbonyl (C=O) groups excluding carboxylic acids is 1. The van der Waals surface area contributed by atoms with E-state index in [2.05, 4.69) is 5.32 Å². The van der Waals surface area contributed by atoms with Crippen LogP contribution in [0.1, 0.15) is 25.7 Å². The molecule has 1 aromatic carbocycles. The third kappa shape index (κ3) is 3.67. The Morgan fingerprint density at radius 3 is 2.68 bits per heavy atom. The minimum Gasteiger partial charge on any atom is -0.330 e. The van der Waals surface area contributed by atoms with Crippen LogP contribution in [-0.2, 0) is 4.79 Å². The minimum atomic E-state index is -0.411. The van der Waals surface area contributed by atoms with E-state index in [9.17, 15) is 9.18 Å². The lowest BCUT2D eigenvalue weighted by molar-refractivity contribution is -0.121. The molecule has 0 radical (unpaired) electrons. The lowest BCUT2D eigenvalue weighted by Gasteiger charge is -2.26. The standard InChI is InChI=1S/C14H18ClFN2O/c15-12-6-5-11(16)7-13(12)18-14(19)10-3-1-9(8-17)2-4-10/h5-7,9-10H,1-4,8,17H2,(H,18,19). The number of anilines is 1. The molecule has 0 spiro atoms. The maximum Gasteiger partial charge on any atom is 0.227 e. The van der Waals surface area contributed by atoms with Crippen LogP contribution >= 0.6 is 11.6 Å². The van der Waals surface area contributed by atoms with Crippen LogP contribution in [0.15, 0.2) is 18.2 Å². The molecule has 0 atom stereocenters. The van der Waals surface area contributed by atoms with E-state index >= 15 is 0 Å². The number of halogens is 2. The fourth-order valence-electron chi connectivity index (χ4n) is 2.49. The number of nitrogens with one attached hydrogen (secondary N) is 1. The van der Waals surface area contributed by atoms with E-state index in [1.807, 2.05) is 0 Å². The van der Waals surface area contributed by atoms with Crippen LogP contribution in [-0.4, -0.2) is 12.5 Å². The zero-order valence-electron chi connectivity index (χ0n) is 10.7. The van der Waals surface area contributed by atoms with E-state index < -0.39 is 5.82 Å². The lowest BCUT2D eigenvalue weighted by atomic mass is 9.81. The van der Waals surface area contributed by atoms with Gasteiger partial charge in [0.15, 0.2) is 0 Å². The third-order valence-electron chi connectivity index (χ3n) is 3.74. The lowest BCUT2D eigenvalue weighted by Crippen LogP contribution is -2.29. The van der Waals surface area contributed by atoms with Gasteiger partial charge in [-0.05, 0) is 56.3 Å². The molecule has 1 amide bonds. The molecule has 5 heteroatoms. The molecule has 2 rings (SSSR count). The topological polar surface area (TPSA) is 55.1 Å². The van der Waals surface area contributed by atoms with Gasteiger partial charge in [-0.15, -0.1) is 0 Å². The Morgan fingerprint density at radius 2 is 2.05 bits per heavy atom. The summed E-state index contributed by atoms with van der Waals surface area (Å²) in [5.41, 5.74) is 5.97. The molecule has 1 aliphatic carbocycles. The first-order chi connectivity index (χ1) is 9.10. The number of benzene rings is 1. The second-order valence-corrected chi connectivity index (χ2v) is 5.47. The van der Waals surface area contributed by atoms with Gasteiger partial charge < -0.3 is 11.1 Å². The molecule has 104 valence electrons. The number of nitrogens with two attached hydrogens (primary N) is 1. The summed E-state index contributed by atoms with van der Waals surface area (Å²) in [6.45, 7) is 0.685. The van der Waals surface area contributed by atoms with E-state index in [1.54, 1.807) is 0 Å². The van der Waals surface area contributed by atoms with E-state index in [0.29, 0.717) is 23.2 Å². The predicted molar refractivity (Wildman–Crippen MR) is 74.5 cm³/mol. The van der Waals surface area contributed by atoms with Gasteiger partial charge in [0.05, 0.1) is 10.7 Å². The highest BCUT2D eigenvalue weighted by atomic mass is 35.5. The fraction of sp³-hybridized carbons (Fsp3) is 0.500. The number of hydrogen-bond acceptors (Lipinski definition) is 2. The highest BCUT2D eigenvalue weighted by molar-refractivity contribution is 6.33. The van der Waals surface area contributed by atoms with Crippen molar-refractivity contribution in [1.29, 1.82) is 0 Å². The van der Waals surface area contributed by atoms with Gasteiger partial charge in [0.2, 0.25) is 5.91 Å². The predicted octanol–water partition coefficient (Wildman–Crippen LogP) is 3.18. The van der Waals surface area contributed by atoms with Crippen molar-refractivity contribution in [3.8, 4) is 0 Å². The van der Waals surface area contributed by atoms with Gasteiger partial charge in [-0.3, -0.25) is 4.79 Å². The highest BCUT2D eigenvalue weighted by Crippen LogP contribution is 2.30. The summed E-state index contributed by atoms with van der Waals surface area (Å²) in [6, 6.07) is 3.95. The SMILES string of the molecule is NCC1CCC(C(=O)Nc2cc(F)ccc2Cl)CC1. The summed E-state index contributed by atoms with van der Waals surface area (Å²) in [4.78, 5) is 12.1. The number of rotatable bonds is 3. The molecule has 1 saturated carbocycles. The smallest absolute Gasteiger partial charge is 0.227 e. The maximum atomic E-state index is 13.1. The van der Waals surface area contributed by atoms with Gasteiger partial charge in [0, 0.05) is 5.92 Å². The Balaban J connectivity index is 1.96. The number of amides is 1. The highest BCUT2D eigenvalue weighted by Gasteiger charge is 2.26. The average molecular weight is 285 g/mol. The van der Waals surface area contributed by atoms with E-state index in [-0.39, 0.29) is 11.8 Å². The Hall–Kier alpha value is -1.13. The van der Waals surface area contributed by atoms with E-state index in [0.717, 1.165) is 25.7 Å². The monoisotopic (exact) mass is 284 g/mol. The van der Waals surface area contributed by atoms with Crippen molar-refractivity contribution in [1.82, 2.24) is 0 Å². The van der Waals surface area contributed by atoms with Crippen LogP contribution in [0.25, 0.3) is 0 Å². The first-order valence-electron chi connectivity index (χ1n) is 6.56. The number of carbonyl (C=O) groups is 1. The molecule has 0 aromatic heterocycles. The normalized spacial score (nSPS) is 23.1. The Kier molecular flexibility index (Phi) is 4.77. The van der Waals surface area contributed by atoms with Crippen LogP contribution in [0.5, 0.6) is 0 Å². The van der Waals surface area contributed by atoms with Crippen molar-refractivity contribution in [3.05, 3.63) is 29.0 Å². The van der Waals surface area contributed by atoms with Crippen LogP contribution in [0, 0.1) is 17.7 Å². The van der Waals surface area contributed by atoms with Gasteiger partial charge in [-0.1, -0.05) is 11.6 Å². The van der Waals surface area contributed by atoms with Crippen molar-refractivity contribution in [2.45, 2.75) is 25.7 Å². The van der Waals surface area contributed by atoms with Gasteiger partial charge >= 0.3 is 0 Å². The van der Waals surface area contributed by atoms with E-state index in [4.69, 9.17) is 17.3 Å². The van der Waals surface area contributed by atoms with Gasteiger partial charge in [-0.2, -0.15) is 0 Å². The van der Waals surface area contributed by atoms with Crippen molar-refractivity contribution < 1.29 is 9.18 Å². The third-order valence-corrected chi connectivity index (χ3v) is 4.07. The first-order valence-corrected chi connectivity index (χ1v) is 6.94. The number of hydrogen-bond donors (Lipinski definition) is 2. The zero-order valence-corrected chi connectivity index (χ0v) is 11.4. The quantitative estimate of drug-likeness (QED) is 0.896. The Labute approximate surface area is 117 Å². The molecule has 0 aliphatic heterocycles. The molecule has 0 bridgehead atoms. The fourth-order valence-corrected chi connectivity index (χ4v) is 2.65. The van der Waals surface area contributed by atoms with E-state index in [1.165, 1.54) is 18.2 Å². The molecule has 1 aromatic rings. The van der Waals surface area contributed by atoms with Gasteiger partial charge in [-0.25, -0.2) is 4.39 Å². The van der Waals surface area contributed by atoms with Crippen LogP contribution in [0.2, 0.25) is 5.02 Å².